The van der Waals surface area contributed by atoms with Crippen LogP contribution in [0.5, 0.6) is 0 Å². The van der Waals surface area contributed by atoms with E-state index >= 15 is 0 Å². The van der Waals surface area contributed by atoms with Gasteiger partial charge in [-0.1, -0.05) is 30.3 Å². The Balaban J connectivity index is 1.89. The molecule has 0 heterocycles. The minimum Gasteiger partial charge on any atom is -0.348 e. The minimum absolute atomic E-state index is 0.148. The Hall–Kier alpha value is -2.73. The molecule has 118 valence electrons. The first-order valence-electron chi connectivity index (χ1n) is 7.05. The first-order valence-corrected chi connectivity index (χ1v) is 7.46. The highest BCUT2D eigenvalue weighted by Gasteiger charge is 2.06. The van der Waals surface area contributed by atoms with E-state index in [1.165, 1.54) is 6.92 Å². The maximum Gasteiger partial charge on any atom is 0.251 e. The van der Waals surface area contributed by atoms with Gasteiger partial charge in [-0.05, 0) is 42.0 Å². The van der Waals surface area contributed by atoms with Gasteiger partial charge in [-0.3, -0.25) is 9.59 Å². The predicted molar refractivity (Wildman–Crippen MR) is 94.1 cm³/mol. The van der Waals surface area contributed by atoms with Crippen molar-refractivity contribution in [3.05, 3.63) is 65.7 Å². The summed E-state index contributed by atoms with van der Waals surface area (Å²) in [4.78, 5) is 23.0. The summed E-state index contributed by atoms with van der Waals surface area (Å²) in [7, 11) is 0. The molecule has 2 aromatic rings. The van der Waals surface area contributed by atoms with Crippen molar-refractivity contribution in [1.29, 1.82) is 0 Å². The second kappa shape index (κ2) is 8.05. The predicted octanol–water partition coefficient (Wildman–Crippen LogP) is 2.45. The van der Waals surface area contributed by atoms with Gasteiger partial charge >= 0.3 is 0 Å². The largest absolute Gasteiger partial charge is 0.348 e. The van der Waals surface area contributed by atoms with Gasteiger partial charge in [0.05, 0.1) is 0 Å². The van der Waals surface area contributed by atoms with Gasteiger partial charge in [-0.2, -0.15) is 0 Å². The molecule has 23 heavy (non-hydrogen) atoms. The topological polar surface area (TPSA) is 70.2 Å². The second-order valence-corrected chi connectivity index (χ2v) is 5.29. The fraction of sp³-hybridized carbons (Fsp3) is 0.118. The quantitative estimate of drug-likeness (QED) is 0.755. The molecule has 2 rings (SSSR count). The summed E-state index contributed by atoms with van der Waals surface area (Å²) in [5.41, 5.74) is 2.29. The second-order valence-electron chi connectivity index (χ2n) is 4.88. The zero-order valence-electron chi connectivity index (χ0n) is 12.6. The summed E-state index contributed by atoms with van der Waals surface area (Å²) < 4.78 is 0. The Labute approximate surface area is 140 Å². The van der Waals surface area contributed by atoms with E-state index in [0.717, 1.165) is 5.56 Å². The number of carbonyl (C=O) groups excluding carboxylic acids is 2. The maximum atomic E-state index is 12.1. The number of carbonyl (C=O) groups is 2. The van der Waals surface area contributed by atoms with Crippen molar-refractivity contribution in [2.75, 3.05) is 5.32 Å². The van der Waals surface area contributed by atoms with Crippen LogP contribution in [0, 0.1) is 0 Å². The van der Waals surface area contributed by atoms with E-state index in [1.807, 2.05) is 30.3 Å². The van der Waals surface area contributed by atoms with Gasteiger partial charge in [-0.25, -0.2) is 0 Å². The van der Waals surface area contributed by atoms with Gasteiger partial charge in [0.15, 0.2) is 5.11 Å². The molecule has 0 radical (unpaired) electrons. The summed E-state index contributed by atoms with van der Waals surface area (Å²) in [6.45, 7) is 1.86. The number of benzene rings is 2. The molecule has 5 nitrogen and oxygen atoms in total. The SMILES string of the molecule is CC(=O)NC(=S)Nc1ccc(C(=O)NCc2ccccc2)cc1. The van der Waals surface area contributed by atoms with Crippen molar-refractivity contribution in [2.24, 2.45) is 0 Å². The molecule has 0 fully saturated rings. The summed E-state index contributed by atoms with van der Waals surface area (Å²) in [6.07, 6.45) is 0. The molecule has 2 aromatic carbocycles. The van der Waals surface area contributed by atoms with Crippen molar-refractivity contribution < 1.29 is 9.59 Å². The molecule has 0 aliphatic heterocycles. The summed E-state index contributed by atoms with van der Waals surface area (Å²) in [5.74, 6) is -0.385. The van der Waals surface area contributed by atoms with Gasteiger partial charge in [-0.15, -0.1) is 0 Å². The monoisotopic (exact) mass is 327 g/mol. The Morgan fingerprint density at radius 3 is 2.26 bits per heavy atom. The lowest BCUT2D eigenvalue weighted by molar-refractivity contribution is -0.117. The average molecular weight is 327 g/mol. The Morgan fingerprint density at radius 2 is 1.65 bits per heavy atom. The number of hydrogen-bond acceptors (Lipinski definition) is 3. The Morgan fingerprint density at radius 1 is 1.00 bits per heavy atom. The van der Waals surface area contributed by atoms with Gasteiger partial charge in [0.1, 0.15) is 0 Å². The van der Waals surface area contributed by atoms with Crippen LogP contribution >= 0.6 is 12.2 Å². The minimum atomic E-state index is -0.237. The van der Waals surface area contributed by atoms with E-state index < -0.39 is 0 Å². The highest BCUT2D eigenvalue weighted by molar-refractivity contribution is 7.80. The standard InChI is InChI=1S/C17H17N3O2S/c1-12(21)19-17(23)20-15-9-7-14(8-10-15)16(22)18-11-13-5-3-2-4-6-13/h2-10H,11H2,1H3,(H,18,22)(H2,19,20,21,23). The molecule has 3 N–H and O–H groups in total. The van der Waals surface area contributed by atoms with Crippen LogP contribution in [0.1, 0.15) is 22.8 Å². The van der Waals surface area contributed by atoms with Gasteiger partial charge in [0.25, 0.3) is 5.91 Å². The van der Waals surface area contributed by atoms with E-state index in [2.05, 4.69) is 16.0 Å². The normalized spacial score (nSPS) is 9.78. The average Bonchev–Trinajstić information content (AvgIpc) is 2.53. The third-order valence-electron chi connectivity index (χ3n) is 2.99. The Bertz CT molecular complexity index is 700. The lowest BCUT2D eigenvalue weighted by Gasteiger charge is -2.09. The molecule has 0 aromatic heterocycles. The van der Waals surface area contributed by atoms with E-state index in [1.54, 1.807) is 24.3 Å². The van der Waals surface area contributed by atoms with Crippen molar-refractivity contribution in [1.82, 2.24) is 10.6 Å². The summed E-state index contributed by atoms with van der Waals surface area (Å²) in [6, 6.07) is 16.5. The third-order valence-corrected chi connectivity index (χ3v) is 3.19. The van der Waals surface area contributed by atoms with Crippen LogP contribution in [0.2, 0.25) is 0 Å². The van der Waals surface area contributed by atoms with Crippen molar-refractivity contribution in [3.63, 3.8) is 0 Å². The molecule has 0 aliphatic rings. The summed E-state index contributed by atoms with van der Waals surface area (Å²) >= 11 is 4.97. The number of anilines is 1. The fourth-order valence-electron chi connectivity index (χ4n) is 1.91. The van der Waals surface area contributed by atoms with Gasteiger partial charge in [0.2, 0.25) is 5.91 Å². The molecular weight excluding hydrogens is 310 g/mol. The number of amides is 2. The van der Waals surface area contributed by atoms with Crippen LogP contribution < -0.4 is 16.0 Å². The molecule has 0 aliphatic carbocycles. The van der Waals surface area contributed by atoms with Crippen LogP contribution in [-0.4, -0.2) is 16.9 Å². The van der Waals surface area contributed by atoms with E-state index in [4.69, 9.17) is 12.2 Å². The van der Waals surface area contributed by atoms with E-state index in [9.17, 15) is 9.59 Å². The molecule has 0 saturated carbocycles. The molecular formula is C17H17N3O2S. The first kappa shape index (κ1) is 16.6. The zero-order valence-corrected chi connectivity index (χ0v) is 13.4. The zero-order chi connectivity index (χ0) is 16.7. The highest BCUT2D eigenvalue weighted by atomic mass is 32.1. The number of hydrogen-bond donors (Lipinski definition) is 3. The van der Waals surface area contributed by atoms with Crippen LogP contribution in [0.15, 0.2) is 54.6 Å². The lowest BCUT2D eigenvalue weighted by Crippen LogP contribution is -2.32. The lowest BCUT2D eigenvalue weighted by atomic mass is 10.2. The van der Waals surface area contributed by atoms with Crippen LogP contribution in [0.25, 0.3) is 0 Å². The van der Waals surface area contributed by atoms with Gasteiger partial charge in [0, 0.05) is 24.7 Å². The van der Waals surface area contributed by atoms with E-state index in [0.29, 0.717) is 17.8 Å². The smallest absolute Gasteiger partial charge is 0.251 e. The van der Waals surface area contributed by atoms with Crippen molar-refractivity contribution in [3.8, 4) is 0 Å². The molecule has 0 saturated heterocycles. The molecule has 0 unspecified atom stereocenters. The van der Waals surface area contributed by atoms with Crippen molar-refractivity contribution in [2.45, 2.75) is 13.5 Å². The van der Waals surface area contributed by atoms with Crippen molar-refractivity contribution >= 4 is 34.8 Å². The van der Waals surface area contributed by atoms with E-state index in [-0.39, 0.29) is 16.9 Å². The van der Waals surface area contributed by atoms with Gasteiger partial charge < -0.3 is 16.0 Å². The molecule has 0 atom stereocenters. The molecule has 0 bridgehead atoms. The number of thiocarbonyl (C=S) groups is 1. The number of nitrogens with one attached hydrogen (secondary N) is 3. The first-order chi connectivity index (χ1) is 11.0. The molecule has 2 amide bonds. The maximum absolute atomic E-state index is 12.1. The van der Waals surface area contributed by atoms with Crippen LogP contribution in [-0.2, 0) is 11.3 Å². The molecule has 6 heteroatoms. The molecule has 0 spiro atoms. The fourth-order valence-corrected chi connectivity index (χ4v) is 2.17. The Kier molecular flexibility index (Phi) is 5.82. The third kappa shape index (κ3) is 5.52. The highest BCUT2D eigenvalue weighted by Crippen LogP contribution is 2.10. The summed E-state index contributed by atoms with van der Waals surface area (Å²) in [5, 5.41) is 8.41. The van der Waals surface area contributed by atoms with Crippen LogP contribution in [0.4, 0.5) is 5.69 Å². The van der Waals surface area contributed by atoms with Crippen LogP contribution in [0.3, 0.4) is 0 Å². The number of rotatable bonds is 4.